The second-order valence-corrected chi connectivity index (χ2v) is 13.0. The van der Waals surface area contributed by atoms with Crippen LogP contribution < -0.4 is 5.73 Å². The highest BCUT2D eigenvalue weighted by atomic mass is 16.3. The van der Waals surface area contributed by atoms with E-state index >= 15 is 0 Å². The molecule has 0 heterocycles. The first-order valence-corrected chi connectivity index (χ1v) is 14.4. The highest BCUT2D eigenvalue weighted by molar-refractivity contribution is 6.24. The molecule has 0 saturated heterocycles. The number of allylic oxidation sites excluding steroid dienone is 1. The van der Waals surface area contributed by atoms with Gasteiger partial charge in [0.25, 0.3) is 5.91 Å². The van der Waals surface area contributed by atoms with Crippen LogP contribution in [0.1, 0.15) is 66.4 Å². The number of rotatable bonds is 8. The summed E-state index contributed by atoms with van der Waals surface area (Å²) in [5.74, 6) is -4.15. The van der Waals surface area contributed by atoms with Crippen molar-refractivity contribution in [2.75, 3.05) is 14.1 Å². The number of carbonyl (C=O) groups is 3. The minimum Gasteiger partial charge on any atom is -0.510 e. The van der Waals surface area contributed by atoms with Gasteiger partial charge in [-0.05, 0) is 87.1 Å². The number of benzene rings is 1. The van der Waals surface area contributed by atoms with Crippen molar-refractivity contribution in [2.24, 2.45) is 35.3 Å². The molecule has 9 nitrogen and oxygen atoms in total. The molecule has 0 spiro atoms. The number of carbonyl (C=O) groups excluding carboxylic acids is 3. The lowest BCUT2D eigenvalue weighted by molar-refractivity contribution is -0.148. The molecule has 4 atom stereocenters. The Morgan fingerprint density at radius 2 is 1.70 bits per heavy atom. The monoisotopic (exact) mass is 550 g/mol. The fraction of sp³-hybridized carbons (Fsp3) is 0.581. The summed E-state index contributed by atoms with van der Waals surface area (Å²) in [4.78, 5) is 41.1. The summed E-state index contributed by atoms with van der Waals surface area (Å²) >= 11 is 0. The predicted molar refractivity (Wildman–Crippen MR) is 146 cm³/mol. The van der Waals surface area contributed by atoms with Crippen LogP contribution in [0.5, 0.6) is 5.75 Å². The van der Waals surface area contributed by atoms with Gasteiger partial charge in [0.05, 0.1) is 11.6 Å². The summed E-state index contributed by atoms with van der Waals surface area (Å²) in [6.45, 7) is 0. The van der Waals surface area contributed by atoms with Crippen LogP contribution >= 0.6 is 0 Å². The molecule has 5 aliphatic carbocycles. The first-order chi connectivity index (χ1) is 18.9. The molecule has 40 heavy (non-hydrogen) atoms. The second kappa shape index (κ2) is 9.45. The topological polar surface area (TPSA) is 161 Å². The van der Waals surface area contributed by atoms with Crippen LogP contribution in [0, 0.1) is 29.6 Å². The van der Waals surface area contributed by atoms with Gasteiger partial charge in [-0.3, -0.25) is 19.3 Å². The number of nitrogens with zero attached hydrogens (tertiary/aromatic N) is 1. The van der Waals surface area contributed by atoms with Gasteiger partial charge in [0, 0.05) is 11.5 Å². The van der Waals surface area contributed by atoms with E-state index in [0.717, 1.165) is 29.4 Å². The zero-order chi connectivity index (χ0) is 28.7. The van der Waals surface area contributed by atoms with Crippen LogP contribution in [-0.4, -0.2) is 68.5 Å². The fourth-order valence-electron chi connectivity index (χ4n) is 7.73. The summed E-state index contributed by atoms with van der Waals surface area (Å²) in [6.07, 6.45) is 8.71. The minimum absolute atomic E-state index is 0.106. The molecule has 214 valence electrons. The lowest BCUT2D eigenvalue weighted by Crippen LogP contribution is -2.63. The molecule has 0 unspecified atom stereocenters. The van der Waals surface area contributed by atoms with Gasteiger partial charge in [0.2, 0.25) is 5.78 Å². The van der Waals surface area contributed by atoms with Crippen molar-refractivity contribution >= 4 is 17.5 Å². The van der Waals surface area contributed by atoms with Crippen molar-refractivity contribution in [3.05, 3.63) is 51.5 Å². The smallest absolute Gasteiger partial charge is 0.255 e. The van der Waals surface area contributed by atoms with Crippen LogP contribution in [0.3, 0.4) is 0 Å². The van der Waals surface area contributed by atoms with Crippen molar-refractivity contribution < 1.29 is 34.8 Å². The van der Waals surface area contributed by atoms with Gasteiger partial charge in [0.1, 0.15) is 22.8 Å². The Morgan fingerprint density at radius 1 is 1.07 bits per heavy atom. The number of aliphatic hydroxyl groups is 3. The summed E-state index contributed by atoms with van der Waals surface area (Å²) in [7, 11) is 3.26. The van der Waals surface area contributed by atoms with Crippen molar-refractivity contribution in [1.29, 1.82) is 0 Å². The molecule has 1 aromatic rings. The summed E-state index contributed by atoms with van der Waals surface area (Å²) in [6, 6.07) is 2.44. The Kier molecular flexibility index (Phi) is 6.38. The molecule has 1 aromatic carbocycles. The highest BCUT2D eigenvalue weighted by Crippen LogP contribution is 2.53. The van der Waals surface area contributed by atoms with E-state index in [1.807, 2.05) is 6.07 Å². The van der Waals surface area contributed by atoms with Crippen LogP contribution in [0.15, 0.2) is 34.8 Å². The van der Waals surface area contributed by atoms with Crippen LogP contribution in [-0.2, 0) is 22.4 Å². The van der Waals surface area contributed by atoms with Gasteiger partial charge >= 0.3 is 0 Å². The first kappa shape index (κ1) is 27.0. The fourth-order valence-corrected chi connectivity index (χ4v) is 7.73. The van der Waals surface area contributed by atoms with Gasteiger partial charge in [-0.1, -0.05) is 31.7 Å². The van der Waals surface area contributed by atoms with Crippen molar-refractivity contribution in [3.8, 4) is 5.75 Å². The number of nitrogens with two attached hydrogens (primary N) is 1. The zero-order valence-corrected chi connectivity index (χ0v) is 23.0. The summed E-state index contributed by atoms with van der Waals surface area (Å²) in [5, 5.41) is 45.0. The van der Waals surface area contributed by atoms with Gasteiger partial charge < -0.3 is 26.2 Å². The molecule has 6 N–H and O–H groups in total. The van der Waals surface area contributed by atoms with Gasteiger partial charge in [-0.25, -0.2) is 0 Å². The average Bonchev–Trinajstić information content (AvgIpc) is 3.80. The number of phenols is 1. The van der Waals surface area contributed by atoms with E-state index in [1.165, 1.54) is 44.6 Å². The number of hydrogen-bond acceptors (Lipinski definition) is 8. The van der Waals surface area contributed by atoms with Gasteiger partial charge in [0.15, 0.2) is 11.4 Å². The van der Waals surface area contributed by atoms with E-state index < -0.39 is 58.0 Å². The van der Waals surface area contributed by atoms with E-state index in [9.17, 15) is 34.8 Å². The number of aliphatic hydroxyl groups excluding tert-OH is 2. The molecule has 6 rings (SSSR count). The largest absolute Gasteiger partial charge is 0.510 e. The maximum atomic E-state index is 14.0. The van der Waals surface area contributed by atoms with E-state index in [1.54, 1.807) is 19.0 Å². The number of likely N-dealkylation sites (N-methyl/N-ethyl adjacent to an activating group) is 1. The quantitative estimate of drug-likeness (QED) is 0.309. The summed E-state index contributed by atoms with van der Waals surface area (Å²) < 4.78 is 0. The molecule has 1 amide bonds. The van der Waals surface area contributed by atoms with E-state index in [2.05, 4.69) is 0 Å². The lowest BCUT2D eigenvalue weighted by Gasteiger charge is -2.50. The average molecular weight is 551 g/mol. The highest BCUT2D eigenvalue weighted by Gasteiger charge is 2.63. The number of phenolic OH excluding ortho intramolecular Hbond substituents is 1. The van der Waals surface area contributed by atoms with E-state index in [-0.39, 0.29) is 23.3 Å². The third-order valence-corrected chi connectivity index (χ3v) is 9.94. The SMILES string of the molecule is CN(C)[C@@H]1C(O)=C(C(N)=O)C(=O)[C@@]2(O)C(O)=C3C(=O)c4c(O)ccc(CC(CC5CC5)CC5CC5)c4C[C@H]3C[C@@H]12. The molecule has 0 aromatic heterocycles. The molecule has 0 aliphatic heterocycles. The maximum absolute atomic E-state index is 14.0. The number of hydrogen-bond donors (Lipinski definition) is 5. The third-order valence-electron chi connectivity index (χ3n) is 9.94. The Hall–Kier alpha value is -3.17. The Bertz CT molecular complexity index is 1360. The standard InChI is InChI=1S/C31H38N2O7/c1-33(2)25-20-13-18-12-19-17(11-16(9-14-3-4-14)10-15-5-6-15)7-8-21(34)23(19)26(35)22(18)28(37)31(20,40)29(38)24(27(25)36)30(32)39/h7-8,14-16,18,20,25,34,36-37,40H,3-6,9-13H2,1-2H3,(H2,32,39)/t18-,20-,25-,31-/m0/s1. The van der Waals surface area contributed by atoms with Crippen LogP contribution in [0.2, 0.25) is 0 Å². The first-order valence-electron chi connectivity index (χ1n) is 14.4. The van der Waals surface area contributed by atoms with Crippen LogP contribution in [0.4, 0.5) is 0 Å². The van der Waals surface area contributed by atoms with Crippen LogP contribution in [0.25, 0.3) is 0 Å². The Balaban J connectivity index is 1.42. The third kappa shape index (κ3) is 4.16. The molecule has 2 saturated carbocycles. The van der Waals surface area contributed by atoms with Crippen molar-refractivity contribution in [1.82, 2.24) is 4.90 Å². The lowest BCUT2D eigenvalue weighted by atomic mass is 9.58. The minimum atomic E-state index is -2.61. The molecule has 5 aliphatic rings. The Morgan fingerprint density at radius 3 is 2.25 bits per heavy atom. The van der Waals surface area contributed by atoms with E-state index in [4.69, 9.17) is 5.73 Å². The maximum Gasteiger partial charge on any atom is 0.255 e. The number of ketones is 2. The molecular weight excluding hydrogens is 512 g/mol. The molecule has 0 bridgehead atoms. The molecule has 0 radical (unpaired) electrons. The van der Waals surface area contributed by atoms with E-state index in [0.29, 0.717) is 12.3 Å². The number of aromatic hydroxyl groups is 1. The number of Topliss-reactive ketones (excluding diaryl/α,β-unsaturated/α-hetero) is 2. The summed E-state index contributed by atoms with van der Waals surface area (Å²) in [5.41, 5.74) is 3.77. The van der Waals surface area contributed by atoms with Gasteiger partial charge in [-0.2, -0.15) is 0 Å². The Labute approximate surface area is 233 Å². The van der Waals surface area contributed by atoms with Gasteiger partial charge in [-0.15, -0.1) is 0 Å². The predicted octanol–water partition coefficient (Wildman–Crippen LogP) is 2.88. The molecule has 9 heteroatoms. The number of amides is 1. The van der Waals surface area contributed by atoms with Crippen molar-refractivity contribution in [3.63, 3.8) is 0 Å². The number of fused-ring (bicyclic) bond motifs is 3. The number of primary amides is 1. The zero-order valence-electron chi connectivity index (χ0n) is 23.0. The molecular formula is C31H38N2O7. The second-order valence-electron chi connectivity index (χ2n) is 13.0. The van der Waals surface area contributed by atoms with Crippen molar-refractivity contribution in [2.45, 2.75) is 69.4 Å². The molecule has 2 fully saturated rings. The normalized spacial score (nSPS) is 30.1.